The van der Waals surface area contributed by atoms with Crippen molar-refractivity contribution >= 4 is 44.0 Å². The van der Waals surface area contributed by atoms with Crippen LogP contribution in [-0.4, -0.2) is 87.7 Å². The van der Waals surface area contributed by atoms with Crippen LogP contribution in [0.15, 0.2) is 21.5 Å². The van der Waals surface area contributed by atoms with Crippen molar-refractivity contribution in [3.63, 3.8) is 0 Å². The summed E-state index contributed by atoms with van der Waals surface area (Å²) >= 11 is 3.36. The smallest absolute Gasteiger partial charge is 0.243 e. The van der Waals surface area contributed by atoms with Gasteiger partial charge in [-0.25, -0.2) is 12.7 Å². The number of amides is 2. The number of carbonyl (C=O) groups is 2. The Balaban J connectivity index is 1.80. The minimum absolute atomic E-state index is 0.0546. The molecule has 0 unspecified atom stereocenters. The van der Waals surface area contributed by atoms with E-state index in [2.05, 4.69) is 15.9 Å². The van der Waals surface area contributed by atoms with E-state index in [0.29, 0.717) is 42.8 Å². The van der Waals surface area contributed by atoms with Crippen molar-refractivity contribution in [3.8, 4) is 0 Å². The van der Waals surface area contributed by atoms with E-state index in [-0.39, 0.29) is 23.4 Å². The van der Waals surface area contributed by atoms with Crippen LogP contribution in [-0.2, 0) is 26.0 Å². The van der Waals surface area contributed by atoms with Gasteiger partial charge in [0, 0.05) is 56.5 Å². The highest BCUT2D eigenvalue weighted by Gasteiger charge is 2.31. The van der Waals surface area contributed by atoms with E-state index in [1.54, 1.807) is 21.9 Å². The Bertz CT molecular complexity index is 890. The topological polar surface area (TPSA) is 81.2 Å². The van der Waals surface area contributed by atoms with E-state index in [9.17, 15) is 18.0 Å². The fraction of sp³-hybridized carbons (Fsp3) is 0.556. The van der Waals surface area contributed by atoms with Gasteiger partial charge in [0.15, 0.2) is 0 Å². The van der Waals surface area contributed by atoms with Crippen LogP contribution in [0.2, 0.25) is 0 Å². The van der Waals surface area contributed by atoms with Gasteiger partial charge in [-0.05, 0) is 47.0 Å². The molecule has 1 atom stereocenters. The molecule has 2 heterocycles. The van der Waals surface area contributed by atoms with Gasteiger partial charge in [-0.1, -0.05) is 0 Å². The molecule has 2 aliphatic rings. The molecule has 0 saturated carbocycles. The number of carbonyl (C=O) groups excluding carboxylic acids is 2. The Hall–Kier alpha value is -1.49. The Morgan fingerprint density at radius 2 is 2.00 bits per heavy atom. The third kappa shape index (κ3) is 3.96. The molecule has 154 valence electrons. The first-order valence-electron chi connectivity index (χ1n) is 9.14. The van der Waals surface area contributed by atoms with Gasteiger partial charge < -0.3 is 9.80 Å². The van der Waals surface area contributed by atoms with E-state index >= 15 is 0 Å². The average molecular weight is 473 g/mol. The van der Waals surface area contributed by atoms with E-state index in [1.165, 1.54) is 14.1 Å². The molecule has 2 amide bonds. The zero-order valence-electron chi connectivity index (χ0n) is 16.3. The lowest BCUT2D eigenvalue weighted by Gasteiger charge is -2.37. The summed E-state index contributed by atoms with van der Waals surface area (Å²) < 4.78 is 26.9. The van der Waals surface area contributed by atoms with E-state index in [4.69, 9.17) is 0 Å². The summed E-state index contributed by atoms with van der Waals surface area (Å²) in [4.78, 5) is 29.6. The lowest BCUT2D eigenvalue weighted by Crippen LogP contribution is -2.53. The summed E-state index contributed by atoms with van der Waals surface area (Å²) in [6.45, 7) is 4.65. The van der Waals surface area contributed by atoms with Crippen molar-refractivity contribution in [1.29, 1.82) is 0 Å². The standard InChI is InChI=1S/C18H25BrN4O4S/c1-13-10-21(6-7-22(13)12-24)11-18(25)23-5-4-14-8-15(19)17(9-16(14)23)28(26,27)20(2)3/h8-9,12-13H,4-7,10-11H2,1-3H3/t13-/m1/s1. The average Bonchev–Trinajstić information content (AvgIpc) is 3.03. The molecule has 3 rings (SSSR count). The first-order valence-corrected chi connectivity index (χ1v) is 11.4. The van der Waals surface area contributed by atoms with E-state index < -0.39 is 10.0 Å². The number of rotatable bonds is 5. The lowest BCUT2D eigenvalue weighted by atomic mass is 10.2. The Kier molecular flexibility index (Phi) is 6.14. The SMILES string of the molecule is C[C@@H]1CN(CC(=O)N2CCc3cc(Br)c(S(=O)(=O)N(C)C)cc32)CCN1C=O. The molecule has 10 heteroatoms. The summed E-state index contributed by atoms with van der Waals surface area (Å²) in [7, 11) is -0.654. The highest BCUT2D eigenvalue weighted by Crippen LogP contribution is 2.36. The maximum Gasteiger partial charge on any atom is 0.243 e. The van der Waals surface area contributed by atoms with Gasteiger partial charge in [0.1, 0.15) is 0 Å². The van der Waals surface area contributed by atoms with Crippen LogP contribution in [0, 0.1) is 0 Å². The summed E-state index contributed by atoms with van der Waals surface area (Å²) in [5, 5.41) is 0. The van der Waals surface area contributed by atoms with Crippen LogP contribution < -0.4 is 4.90 Å². The highest BCUT2D eigenvalue weighted by atomic mass is 79.9. The Morgan fingerprint density at radius 1 is 1.29 bits per heavy atom. The molecule has 8 nitrogen and oxygen atoms in total. The zero-order chi connectivity index (χ0) is 20.6. The number of nitrogens with zero attached hydrogens (tertiary/aromatic N) is 4. The first kappa shape index (κ1) is 21.2. The van der Waals surface area contributed by atoms with Crippen molar-refractivity contribution in [2.24, 2.45) is 0 Å². The van der Waals surface area contributed by atoms with Crippen LogP contribution in [0.4, 0.5) is 5.69 Å². The Labute approximate surface area is 174 Å². The molecule has 0 spiro atoms. The van der Waals surface area contributed by atoms with Crippen molar-refractivity contribution in [2.45, 2.75) is 24.3 Å². The minimum Gasteiger partial charge on any atom is -0.340 e. The molecule has 2 aliphatic heterocycles. The number of piperazine rings is 1. The molecule has 0 radical (unpaired) electrons. The van der Waals surface area contributed by atoms with Gasteiger partial charge in [0.2, 0.25) is 22.3 Å². The maximum atomic E-state index is 12.9. The second-order valence-corrected chi connectivity index (χ2v) is 10.4. The second kappa shape index (κ2) is 8.10. The quantitative estimate of drug-likeness (QED) is 0.590. The van der Waals surface area contributed by atoms with Crippen LogP contribution in [0.25, 0.3) is 0 Å². The molecular weight excluding hydrogens is 448 g/mol. The summed E-state index contributed by atoms with van der Waals surface area (Å²) in [5.41, 5.74) is 1.62. The normalized spacial score (nSPS) is 20.5. The largest absolute Gasteiger partial charge is 0.340 e. The molecule has 28 heavy (non-hydrogen) atoms. The fourth-order valence-electron chi connectivity index (χ4n) is 3.67. The molecule has 0 bridgehead atoms. The lowest BCUT2D eigenvalue weighted by molar-refractivity contribution is -0.123. The monoisotopic (exact) mass is 472 g/mol. The number of sulfonamides is 1. The molecule has 1 aromatic rings. The van der Waals surface area contributed by atoms with E-state index in [0.717, 1.165) is 16.3 Å². The summed E-state index contributed by atoms with van der Waals surface area (Å²) in [6.07, 6.45) is 1.54. The zero-order valence-corrected chi connectivity index (χ0v) is 18.7. The number of fused-ring (bicyclic) bond motifs is 1. The summed E-state index contributed by atoms with van der Waals surface area (Å²) in [6, 6.07) is 3.45. The van der Waals surface area contributed by atoms with Crippen LogP contribution in [0.5, 0.6) is 0 Å². The molecule has 0 aliphatic carbocycles. The minimum atomic E-state index is -3.62. The summed E-state index contributed by atoms with van der Waals surface area (Å²) in [5.74, 6) is -0.0546. The van der Waals surface area contributed by atoms with Crippen molar-refractivity contribution < 1.29 is 18.0 Å². The van der Waals surface area contributed by atoms with Crippen molar-refractivity contribution in [3.05, 3.63) is 22.2 Å². The van der Waals surface area contributed by atoms with Crippen LogP contribution in [0.1, 0.15) is 12.5 Å². The van der Waals surface area contributed by atoms with Gasteiger partial charge in [-0.15, -0.1) is 0 Å². The number of hydrogen-bond donors (Lipinski definition) is 0. The van der Waals surface area contributed by atoms with Gasteiger partial charge in [-0.3, -0.25) is 14.5 Å². The van der Waals surface area contributed by atoms with Gasteiger partial charge in [0.25, 0.3) is 0 Å². The fourth-order valence-corrected chi connectivity index (χ4v) is 5.63. The second-order valence-electron chi connectivity index (χ2n) is 7.42. The molecule has 0 N–H and O–H groups in total. The first-order chi connectivity index (χ1) is 13.1. The highest BCUT2D eigenvalue weighted by molar-refractivity contribution is 9.10. The van der Waals surface area contributed by atoms with Crippen LogP contribution in [0.3, 0.4) is 0 Å². The Morgan fingerprint density at radius 3 is 2.61 bits per heavy atom. The number of halogens is 1. The van der Waals surface area contributed by atoms with Crippen molar-refractivity contribution in [2.75, 3.05) is 51.7 Å². The third-order valence-electron chi connectivity index (χ3n) is 5.35. The van der Waals surface area contributed by atoms with Crippen LogP contribution >= 0.6 is 15.9 Å². The predicted octanol–water partition coefficient (Wildman–Crippen LogP) is 0.751. The number of anilines is 1. The molecule has 1 saturated heterocycles. The van der Waals surface area contributed by atoms with Crippen molar-refractivity contribution in [1.82, 2.24) is 14.1 Å². The number of benzene rings is 1. The van der Waals surface area contributed by atoms with E-state index in [1.807, 2.05) is 11.8 Å². The molecule has 1 aromatic carbocycles. The van der Waals surface area contributed by atoms with Gasteiger partial charge in [0.05, 0.1) is 11.4 Å². The van der Waals surface area contributed by atoms with Gasteiger partial charge >= 0.3 is 0 Å². The number of hydrogen-bond acceptors (Lipinski definition) is 5. The molecular formula is C18H25BrN4O4S. The predicted molar refractivity (Wildman–Crippen MR) is 110 cm³/mol. The molecule has 1 fully saturated rings. The van der Waals surface area contributed by atoms with Gasteiger partial charge in [-0.2, -0.15) is 0 Å². The maximum absolute atomic E-state index is 12.9. The molecule has 0 aromatic heterocycles. The third-order valence-corrected chi connectivity index (χ3v) is 8.12.